The molecule has 1 aliphatic rings. The van der Waals surface area contributed by atoms with E-state index in [9.17, 15) is 9.59 Å². The number of urea groups is 1. The zero-order chi connectivity index (χ0) is 13.1. The normalized spacial score (nSPS) is 16.9. The number of amides is 3. The number of ether oxygens (including phenoxy) is 1. The van der Waals surface area contributed by atoms with Gasteiger partial charge in [-0.25, -0.2) is 4.79 Å². The Kier molecular flexibility index (Phi) is 3.84. The third kappa shape index (κ3) is 2.63. The number of carbonyl (C=O) groups is 2. The van der Waals surface area contributed by atoms with Crippen LogP contribution in [-0.2, 0) is 9.53 Å². The van der Waals surface area contributed by atoms with Gasteiger partial charge in [0.15, 0.2) is 0 Å². The fourth-order valence-corrected chi connectivity index (χ4v) is 1.93. The van der Waals surface area contributed by atoms with Gasteiger partial charge in [0.05, 0.1) is 13.1 Å². The van der Waals surface area contributed by atoms with Gasteiger partial charge >= 0.3 is 6.03 Å². The minimum atomic E-state index is -0.379. The third-order valence-corrected chi connectivity index (χ3v) is 3.06. The van der Waals surface area contributed by atoms with Gasteiger partial charge in [0.2, 0.25) is 5.91 Å². The Morgan fingerprint density at radius 2 is 2.06 bits per heavy atom. The van der Waals surface area contributed by atoms with E-state index in [1.165, 1.54) is 7.11 Å². The predicted molar refractivity (Wildman–Crippen MR) is 66.3 cm³/mol. The lowest BCUT2D eigenvalue weighted by Crippen LogP contribution is -2.35. The van der Waals surface area contributed by atoms with Crippen LogP contribution in [0.1, 0.15) is 11.7 Å². The molecule has 1 N–H and O–H groups in total. The second kappa shape index (κ2) is 5.37. The van der Waals surface area contributed by atoms with Crippen molar-refractivity contribution < 1.29 is 14.3 Å². The summed E-state index contributed by atoms with van der Waals surface area (Å²) in [5.41, 5.74) is 0.870. The molecule has 1 aromatic rings. The van der Waals surface area contributed by atoms with Crippen LogP contribution in [0, 0.1) is 0 Å². The van der Waals surface area contributed by atoms with E-state index < -0.39 is 0 Å². The molecular weight excluding hydrogens is 256 g/mol. The molecule has 0 aliphatic carbocycles. The minimum absolute atomic E-state index is 0.0515. The quantitative estimate of drug-likeness (QED) is 0.844. The molecule has 5 nitrogen and oxygen atoms in total. The SMILES string of the molecule is CO[C@H](CN1C(=O)CNC1=O)c1ccc(Cl)cc1. The molecule has 0 bridgehead atoms. The van der Waals surface area contributed by atoms with Crippen molar-refractivity contribution >= 4 is 23.5 Å². The maximum Gasteiger partial charge on any atom is 0.324 e. The van der Waals surface area contributed by atoms with Gasteiger partial charge in [-0.3, -0.25) is 9.69 Å². The van der Waals surface area contributed by atoms with E-state index in [1.807, 2.05) is 12.1 Å². The van der Waals surface area contributed by atoms with Gasteiger partial charge in [0.1, 0.15) is 6.10 Å². The molecule has 1 heterocycles. The van der Waals surface area contributed by atoms with Crippen molar-refractivity contribution in [3.8, 4) is 0 Å². The van der Waals surface area contributed by atoms with E-state index in [4.69, 9.17) is 16.3 Å². The summed E-state index contributed by atoms with van der Waals surface area (Å²) in [4.78, 5) is 24.1. The number of hydrogen-bond acceptors (Lipinski definition) is 3. The average molecular weight is 269 g/mol. The lowest BCUT2D eigenvalue weighted by Gasteiger charge is -2.20. The second-order valence-electron chi connectivity index (χ2n) is 3.94. The fourth-order valence-electron chi connectivity index (χ4n) is 1.80. The molecule has 1 saturated heterocycles. The highest BCUT2D eigenvalue weighted by Gasteiger charge is 2.31. The van der Waals surface area contributed by atoms with Crippen molar-refractivity contribution in [1.29, 1.82) is 0 Å². The summed E-state index contributed by atoms with van der Waals surface area (Å²) in [6.07, 6.45) is -0.352. The summed E-state index contributed by atoms with van der Waals surface area (Å²) in [7, 11) is 1.54. The van der Waals surface area contributed by atoms with Gasteiger partial charge in [0, 0.05) is 12.1 Å². The molecule has 0 unspecified atom stereocenters. The van der Waals surface area contributed by atoms with Crippen LogP contribution in [0.2, 0.25) is 5.02 Å². The molecule has 1 aromatic carbocycles. The lowest BCUT2D eigenvalue weighted by atomic mass is 10.1. The first-order chi connectivity index (χ1) is 8.61. The largest absolute Gasteiger partial charge is 0.375 e. The number of hydrogen-bond donors (Lipinski definition) is 1. The molecule has 96 valence electrons. The average Bonchev–Trinajstić information content (AvgIpc) is 2.68. The molecule has 3 amide bonds. The predicted octanol–water partition coefficient (Wildman–Crippen LogP) is 1.58. The van der Waals surface area contributed by atoms with Crippen molar-refractivity contribution in [1.82, 2.24) is 10.2 Å². The lowest BCUT2D eigenvalue weighted by molar-refractivity contribution is -0.126. The molecule has 1 aliphatic heterocycles. The van der Waals surface area contributed by atoms with Crippen molar-refractivity contribution in [2.24, 2.45) is 0 Å². The van der Waals surface area contributed by atoms with Crippen molar-refractivity contribution in [2.75, 3.05) is 20.2 Å². The summed E-state index contributed by atoms with van der Waals surface area (Å²) in [6, 6.07) is 6.74. The van der Waals surface area contributed by atoms with Crippen LogP contribution in [0.25, 0.3) is 0 Å². The molecular formula is C12H13ClN2O3. The van der Waals surface area contributed by atoms with E-state index in [0.717, 1.165) is 10.5 Å². The molecule has 18 heavy (non-hydrogen) atoms. The van der Waals surface area contributed by atoms with Crippen molar-refractivity contribution in [3.63, 3.8) is 0 Å². The first-order valence-corrected chi connectivity index (χ1v) is 5.86. The Morgan fingerprint density at radius 3 is 2.56 bits per heavy atom. The monoisotopic (exact) mass is 268 g/mol. The summed E-state index contributed by atoms with van der Waals surface area (Å²) in [5, 5.41) is 3.10. The Balaban J connectivity index is 2.12. The third-order valence-electron chi connectivity index (χ3n) is 2.81. The van der Waals surface area contributed by atoms with E-state index in [2.05, 4.69) is 5.32 Å². The second-order valence-corrected chi connectivity index (χ2v) is 4.38. The highest BCUT2D eigenvalue weighted by molar-refractivity contribution is 6.30. The van der Waals surface area contributed by atoms with E-state index in [0.29, 0.717) is 5.02 Å². The first-order valence-electron chi connectivity index (χ1n) is 5.48. The molecule has 0 spiro atoms. The number of nitrogens with one attached hydrogen (secondary N) is 1. The van der Waals surface area contributed by atoms with Gasteiger partial charge in [-0.05, 0) is 17.7 Å². The van der Waals surface area contributed by atoms with Crippen LogP contribution < -0.4 is 5.32 Å². The van der Waals surface area contributed by atoms with Gasteiger partial charge in [-0.1, -0.05) is 23.7 Å². The molecule has 1 fully saturated rings. The van der Waals surface area contributed by atoms with Crippen LogP contribution in [0.15, 0.2) is 24.3 Å². The molecule has 2 rings (SSSR count). The van der Waals surface area contributed by atoms with E-state index in [-0.39, 0.29) is 31.1 Å². The smallest absolute Gasteiger partial charge is 0.324 e. The van der Waals surface area contributed by atoms with Crippen molar-refractivity contribution in [3.05, 3.63) is 34.9 Å². The summed E-state index contributed by atoms with van der Waals surface area (Å²) < 4.78 is 5.32. The topological polar surface area (TPSA) is 58.6 Å². The molecule has 0 aromatic heterocycles. The number of imide groups is 1. The zero-order valence-electron chi connectivity index (χ0n) is 9.85. The number of benzene rings is 1. The highest BCUT2D eigenvalue weighted by atomic mass is 35.5. The van der Waals surface area contributed by atoms with Gasteiger partial charge in [-0.2, -0.15) is 0 Å². The number of methoxy groups -OCH3 is 1. The number of carbonyl (C=O) groups excluding carboxylic acids is 2. The van der Waals surface area contributed by atoms with Gasteiger partial charge in [0.25, 0.3) is 0 Å². The Morgan fingerprint density at radius 1 is 1.39 bits per heavy atom. The highest BCUT2D eigenvalue weighted by Crippen LogP contribution is 2.21. The number of halogens is 1. The van der Waals surface area contributed by atoms with E-state index in [1.54, 1.807) is 12.1 Å². The zero-order valence-corrected chi connectivity index (χ0v) is 10.6. The van der Waals surface area contributed by atoms with Crippen LogP contribution in [0.5, 0.6) is 0 Å². The van der Waals surface area contributed by atoms with Crippen molar-refractivity contribution in [2.45, 2.75) is 6.10 Å². The Hall–Kier alpha value is -1.59. The minimum Gasteiger partial charge on any atom is -0.375 e. The fraction of sp³-hybridized carbons (Fsp3) is 0.333. The van der Waals surface area contributed by atoms with Crippen LogP contribution in [0.4, 0.5) is 4.79 Å². The Labute approximate surface area is 110 Å². The maximum atomic E-state index is 11.5. The van der Waals surface area contributed by atoms with Crippen LogP contribution >= 0.6 is 11.6 Å². The van der Waals surface area contributed by atoms with Crippen LogP contribution in [0.3, 0.4) is 0 Å². The molecule has 1 atom stereocenters. The molecule has 0 radical (unpaired) electrons. The number of nitrogens with zero attached hydrogens (tertiary/aromatic N) is 1. The molecule has 6 heteroatoms. The summed E-state index contributed by atoms with van der Waals surface area (Å²) >= 11 is 5.81. The van der Waals surface area contributed by atoms with Gasteiger partial charge in [-0.15, -0.1) is 0 Å². The summed E-state index contributed by atoms with van der Waals surface area (Å²) in [5.74, 6) is -0.240. The van der Waals surface area contributed by atoms with Crippen LogP contribution in [-0.4, -0.2) is 37.0 Å². The first kappa shape index (κ1) is 12.9. The maximum absolute atomic E-state index is 11.5. The van der Waals surface area contributed by atoms with E-state index >= 15 is 0 Å². The molecule has 0 saturated carbocycles. The standard InChI is InChI=1S/C12H13ClN2O3/c1-18-10(8-2-4-9(13)5-3-8)7-15-11(16)6-14-12(15)17/h2-5,10H,6-7H2,1H3,(H,14,17)/t10-/m1/s1. The number of rotatable bonds is 4. The summed E-state index contributed by atoms with van der Waals surface area (Å²) in [6.45, 7) is 0.249. The Bertz CT molecular complexity index is 445. The van der Waals surface area contributed by atoms with Gasteiger partial charge < -0.3 is 10.1 Å².